The Labute approximate surface area is 205 Å². The predicted molar refractivity (Wildman–Crippen MR) is 133 cm³/mol. The summed E-state index contributed by atoms with van der Waals surface area (Å²) in [5.74, 6) is -2.59. The number of aromatic nitrogens is 1. The fourth-order valence-corrected chi connectivity index (χ4v) is 3.92. The van der Waals surface area contributed by atoms with E-state index in [1.165, 1.54) is 0 Å². The van der Waals surface area contributed by atoms with Crippen LogP contribution < -0.4 is 21.7 Å². The van der Waals surface area contributed by atoms with E-state index in [0.717, 1.165) is 16.5 Å². The number of nitrogens with two attached hydrogens (primary N) is 1. The average molecular weight is 488 g/mol. The minimum absolute atomic E-state index is 0.0464. The number of benzene rings is 1. The number of carbonyl (C=O) groups excluding carboxylic acids is 3. The van der Waals surface area contributed by atoms with E-state index >= 15 is 0 Å². The summed E-state index contributed by atoms with van der Waals surface area (Å²) in [6.45, 7) is 7.36. The number of hydrogen-bond acceptors (Lipinski definition) is 5. The van der Waals surface area contributed by atoms with Crippen LogP contribution in [0.4, 0.5) is 0 Å². The molecular weight excluding hydrogens is 450 g/mol. The maximum Gasteiger partial charge on any atom is 0.326 e. The van der Waals surface area contributed by atoms with E-state index in [1.54, 1.807) is 6.20 Å². The van der Waals surface area contributed by atoms with Crippen LogP contribution >= 0.6 is 0 Å². The molecule has 2 aromatic rings. The molecule has 10 heteroatoms. The Morgan fingerprint density at radius 2 is 1.43 bits per heavy atom. The van der Waals surface area contributed by atoms with Crippen molar-refractivity contribution >= 4 is 34.6 Å². The second-order valence-corrected chi connectivity index (χ2v) is 9.61. The Hall–Kier alpha value is -3.40. The molecule has 0 bridgehead atoms. The third-order valence-corrected chi connectivity index (χ3v) is 5.60. The number of H-pyrrole nitrogens is 1. The molecule has 0 saturated heterocycles. The van der Waals surface area contributed by atoms with Gasteiger partial charge in [0.2, 0.25) is 17.7 Å². The summed E-state index contributed by atoms with van der Waals surface area (Å²) in [5.41, 5.74) is 7.01. The highest BCUT2D eigenvalue weighted by Crippen LogP contribution is 2.19. The molecule has 3 unspecified atom stereocenters. The molecule has 3 amide bonds. The first-order valence-corrected chi connectivity index (χ1v) is 11.9. The third-order valence-electron chi connectivity index (χ3n) is 5.60. The Morgan fingerprint density at radius 3 is 1.97 bits per heavy atom. The zero-order valence-electron chi connectivity index (χ0n) is 20.8. The summed E-state index contributed by atoms with van der Waals surface area (Å²) in [4.78, 5) is 53.0. The predicted octanol–water partition coefficient (Wildman–Crippen LogP) is 1.30. The molecule has 0 spiro atoms. The average Bonchev–Trinajstić information content (AvgIpc) is 3.19. The second-order valence-electron chi connectivity index (χ2n) is 9.61. The van der Waals surface area contributed by atoms with Crippen LogP contribution in [-0.2, 0) is 25.6 Å². The van der Waals surface area contributed by atoms with E-state index in [0.29, 0.717) is 12.8 Å². The lowest BCUT2D eigenvalue weighted by molar-refractivity contribution is -0.142. The van der Waals surface area contributed by atoms with Gasteiger partial charge >= 0.3 is 5.97 Å². The lowest BCUT2D eigenvalue weighted by Gasteiger charge is -2.26. The van der Waals surface area contributed by atoms with Crippen molar-refractivity contribution in [3.63, 3.8) is 0 Å². The maximum absolute atomic E-state index is 13.1. The number of fused-ring (bicyclic) bond motifs is 1. The molecule has 3 atom stereocenters. The zero-order valence-corrected chi connectivity index (χ0v) is 20.8. The summed E-state index contributed by atoms with van der Waals surface area (Å²) < 4.78 is 0. The van der Waals surface area contributed by atoms with Crippen LogP contribution in [-0.4, -0.2) is 58.5 Å². The van der Waals surface area contributed by atoms with Crippen molar-refractivity contribution in [2.45, 2.75) is 65.1 Å². The molecule has 10 nitrogen and oxygen atoms in total. The first-order valence-electron chi connectivity index (χ1n) is 11.9. The Balaban J connectivity index is 2.17. The first-order chi connectivity index (χ1) is 16.5. The van der Waals surface area contributed by atoms with E-state index in [-0.39, 0.29) is 24.8 Å². The van der Waals surface area contributed by atoms with Crippen LogP contribution in [0.3, 0.4) is 0 Å². The van der Waals surface area contributed by atoms with Gasteiger partial charge in [-0.3, -0.25) is 14.4 Å². The van der Waals surface area contributed by atoms with Gasteiger partial charge in [0.1, 0.15) is 18.1 Å². The molecule has 0 saturated carbocycles. The highest BCUT2D eigenvalue weighted by Gasteiger charge is 2.30. The number of carbonyl (C=O) groups is 4. The molecule has 1 aromatic carbocycles. The molecular formula is C25H37N5O5. The van der Waals surface area contributed by atoms with Gasteiger partial charge in [-0.2, -0.15) is 0 Å². The molecule has 7 N–H and O–H groups in total. The molecule has 1 aromatic heterocycles. The standard InChI is InChI=1S/C25H37N5O5/c1-14(2)9-19(28-22(31)12-26)23(32)29-20(10-15(3)4)24(33)30-21(25(34)35)11-16-13-27-18-8-6-5-7-17(16)18/h5-8,13-15,19-21,27H,9-12,26H2,1-4H3,(H,28,31)(H,29,32)(H,30,33)(H,34,35). The van der Waals surface area contributed by atoms with Gasteiger partial charge < -0.3 is 31.8 Å². The van der Waals surface area contributed by atoms with Crippen molar-refractivity contribution in [2.75, 3.05) is 6.54 Å². The molecule has 35 heavy (non-hydrogen) atoms. The molecule has 1 heterocycles. The number of amides is 3. The number of para-hydroxylation sites is 1. The quantitative estimate of drug-likeness (QED) is 0.249. The van der Waals surface area contributed by atoms with E-state index in [2.05, 4.69) is 20.9 Å². The monoisotopic (exact) mass is 487 g/mol. The van der Waals surface area contributed by atoms with Gasteiger partial charge in [0.25, 0.3) is 0 Å². The van der Waals surface area contributed by atoms with Crippen molar-refractivity contribution in [3.05, 3.63) is 36.0 Å². The lowest BCUT2D eigenvalue weighted by atomic mass is 9.99. The van der Waals surface area contributed by atoms with E-state index in [4.69, 9.17) is 5.73 Å². The zero-order chi connectivity index (χ0) is 26.1. The smallest absolute Gasteiger partial charge is 0.326 e. The first kappa shape index (κ1) is 27.8. The van der Waals surface area contributed by atoms with Crippen molar-refractivity contribution in [1.29, 1.82) is 0 Å². The van der Waals surface area contributed by atoms with Crippen LogP contribution in [0.1, 0.15) is 46.1 Å². The molecule has 192 valence electrons. The maximum atomic E-state index is 13.1. The summed E-state index contributed by atoms with van der Waals surface area (Å²) in [6.07, 6.45) is 2.48. The van der Waals surface area contributed by atoms with Gasteiger partial charge in [-0.15, -0.1) is 0 Å². The Kier molecular flexibility index (Phi) is 10.3. The highest BCUT2D eigenvalue weighted by atomic mass is 16.4. The van der Waals surface area contributed by atoms with E-state index in [1.807, 2.05) is 52.0 Å². The van der Waals surface area contributed by atoms with Gasteiger partial charge in [0.15, 0.2) is 0 Å². The fourth-order valence-electron chi connectivity index (χ4n) is 3.92. The number of rotatable bonds is 13. The summed E-state index contributed by atoms with van der Waals surface area (Å²) in [7, 11) is 0. The third kappa shape index (κ3) is 8.40. The Morgan fingerprint density at radius 1 is 0.886 bits per heavy atom. The van der Waals surface area contributed by atoms with Gasteiger partial charge in [0, 0.05) is 23.5 Å². The lowest BCUT2D eigenvalue weighted by Crippen LogP contribution is -2.57. The Bertz CT molecular complexity index is 1030. The molecule has 0 aliphatic heterocycles. The van der Waals surface area contributed by atoms with Crippen molar-refractivity contribution < 1.29 is 24.3 Å². The summed E-state index contributed by atoms with van der Waals surface area (Å²) in [5, 5.41) is 18.6. The summed E-state index contributed by atoms with van der Waals surface area (Å²) >= 11 is 0. The van der Waals surface area contributed by atoms with Crippen LogP contribution in [0.5, 0.6) is 0 Å². The second kappa shape index (κ2) is 12.9. The normalized spacial score (nSPS) is 13.9. The molecule has 2 rings (SSSR count). The topological polar surface area (TPSA) is 166 Å². The van der Waals surface area contributed by atoms with Crippen LogP contribution in [0.15, 0.2) is 30.5 Å². The number of carboxylic acids is 1. The van der Waals surface area contributed by atoms with Crippen molar-refractivity contribution in [2.24, 2.45) is 17.6 Å². The number of hydrogen-bond donors (Lipinski definition) is 6. The van der Waals surface area contributed by atoms with Gasteiger partial charge in [-0.1, -0.05) is 45.9 Å². The van der Waals surface area contributed by atoms with Gasteiger partial charge in [-0.05, 0) is 36.3 Å². The number of carboxylic acid groups (broad SMARTS) is 1. The summed E-state index contributed by atoms with van der Waals surface area (Å²) in [6, 6.07) is 4.51. The minimum atomic E-state index is -1.18. The van der Waals surface area contributed by atoms with Crippen molar-refractivity contribution in [3.8, 4) is 0 Å². The van der Waals surface area contributed by atoms with Crippen LogP contribution in [0, 0.1) is 11.8 Å². The van der Waals surface area contributed by atoms with Crippen molar-refractivity contribution in [1.82, 2.24) is 20.9 Å². The van der Waals surface area contributed by atoms with Crippen LogP contribution in [0.25, 0.3) is 10.9 Å². The van der Waals surface area contributed by atoms with Gasteiger partial charge in [0.05, 0.1) is 6.54 Å². The number of aliphatic carboxylic acids is 1. The molecule has 0 aliphatic carbocycles. The largest absolute Gasteiger partial charge is 0.480 e. The number of aromatic amines is 1. The van der Waals surface area contributed by atoms with Gasteiger partial charge in [-0.25, -0.2) is 4.79 Å². The van der Waals surface area contributed by atoms with E-state index in [9.17, 15) is 24.3 Å². The molecule has 0 aliphatic rings. The van der Waals surface area contributed by atoms with E-state index < -0.39 is 41.8 Å². The molecule has 0 fully saturated rings. The number of nitrogens with one attached hydrogen (secondary N) is 4. The SMILES string of the molecule is CC(C)CC(NC(=O)CN)C(=O)NC(CC(C)C)C(=O)NC(Cc1c[nH]c2ccccc12)C(=O)O. The fraction of sp³-hybridized carbons (Fsp3) is 0.520. The molecule has 0 radical (unpaired) electrons. The van der Waals surface area contributed by atoms with Crippen LogP contribution in [0.2, 0.25) is 0 Å². The highest BCUT2D eigenvalue weighted by molar-refractivity contribution is 5.94. The minimum Gasteiger partial charge on any atom is -0.480 e.